The van der Waals surface area contributed by atoms with Crippen LogP contribution in [0.2, 0.25) is 5.02 Å². The van der Waals surface area contributed by atoms with E-state index in [0.29, 0.717) is 4.60 Å². The van der Waals surface area contributed by atoms with Crippen molar-refractivity contribution < 1.29 is 16.3 Å². The lowest BCUT2D eigenvalue weighted by atomic mass is 10.1. The summed E-state index contributed by atoms with van der Waals surface area (Å²) in [5.74, 6) is 0.0782. The maximum absolute atomic E-state index is 13.3. The number of fused-ring (bicyclic) bond motifs is 1. The maximum atomic E-state index is 13.3. The second kappa shape index (κ2) is 5.42. The van der Waals surface area contributed by atoms with Crippen LogP contribution >= 0.6 is 27.5 Å². The van der Waals surface area contributed by atoms with Gasteiger partial charge in [0.25, 0.3) is 6.01 Å². The molecule has 0 unspecified atom stereocenters. The fraction of sp³-hybridized carbons (Fsp3) is 0.0714. The van der Waals surface area contributed by atoms with E-state index in [2.05, 4.69) is 20.9 Å². The Bertz CT molecular complexity index is 856. The van der Waals surface area contributed by atoms with E-state index in [0.717, 1.165) is 6.07 Å². The van der Waals surface area contributed by atoms with Crippen molar-refractivity contribution in [1.29, 1.82) is 0 Å². The van der Waals surface area contributed by atoms with Gasteiger partial charge >= 0.3 is 0 Å². The highest BCUT2D eigenvalue weighted by Gasteiger charge is 2.12. The largest absolute Gasteiger partial charge is 0.473 e. The zero-order chi connectivity index (χ0) is 15.9. The Morgan fingerprint density at radius 3 is 3.05 bits per heavy atom. The van der Waals surface area contributed by atoms with Gasteiger partial charge in [-0.2, -0.15) is 4.39 Å². The summed E-state index contributed by atoms with van der Waals surface area (Å²) < 4.78 is 40.3. The molecule has 102 valence electrons. The van der Waals surface area contributed by atoms with Gasteiger partial charge in [0.1, 0.15) is 16.7 Å². The van der Waals surface area contributed by atoms with Gasteiger partial charge in [0.2, 0.25) is 5.88 Å². The van der Waals surface area contributed by atoms with Gasteiger partial charge in [-0.05, 0) is 28.1 Å². The second-order valence-electron chi connectivity index (χ2n) is 3.89. The third-order valence-corrected chi connectivity index (χ3v) is 3.33. The van der Waals surface area contributed by atoms with Crippen LogP contribution in [0.1, 0.15) is 8.30 Å². The number of benzene rings is 1. The fourth-order valence-corrected chi connectivity index (χ4v) is 2.23. The number of hydrogen-bond acceptors (Lipinski definition) is 3. The molecule has 0 aliphatic rings. The van der Waals surface area contributed by atoms with Crippen molar-refractivity contribution in [2.24, 2.45) is 0 Å². The minimum absolute atomic E-state index is 0.00463. The molecule has 0 saturated heterocycles. The van der Waals surface area contributed by atoms with Crippen molar-refractivity contribution in [3.05, 3.63) is 57.6 Å². The molecule has 0 spiro atoms. The first-order valence-electron chi connectivity index (χ1n) is 6.56. The number of aromatic nitrogens is 1. The number of hydrogen-bond donors (Lipinski definition) is 0. The number of halogens is 3. The fourth-order valence-electron chi connectivity index (χ4n) is 1.69. The molecule has 0 saturated carbocycles. The van der Waals surface area contributed by atoms with E-state index in [1.54, 1.807) is 12.1 Å². The van der Waals surface area contributed by atoms with Crippen LogP contribution in [0.5, 0.6) is 5.88 Å². The van der Waals surface area contributed by atoms with Gasteiger partial charge < -0.3 is 9.15 Å². The highest BCUT2D eigenvalue weighted by molar-refractivity contribution is 9.10. The lowest BCUT2D eigenvalue weighted by molar-refractivity contribution is 0.291. The van der Waals surface area contributed by atoms with Gasteiger partial charge in [0, 0.05) is 23.1 Å². The Morgan fingerprint density at radius 1 is 1.40 bits per heavy atom. The molecule has 0 radical (unpaired) electrons. The maximum Gasteiger partial charge on any atom is 0.278 e. The third kappa shape index (κ3) is 2.64. The summed E-state index contributed by atoms with van der Waals surface area (Å²) in [5.41, 5.74) is 0.0302. The zero-order valence-corrected chi connectivity index (χ0v) is 12.2. The average Bonchev–Trinajstić information content (AvgIpc) is 2.80. The van der Waals surface area contributed by atoms with Crippen molar-refractivity contribution in [2.45, 2.75) is 6.56 Å². The molecule has 20 heavy (non-hydrogen) atoms. The van der Waals surface area contributed by atoms with Gasteiger partial charge in [-0.1, -0.05) is 23.7 Å². The Balaban J connectivity index is 2.07. The smallest absolute Gasteiger partial charge is 0.278 e. The topological polar surface area (TPSA) is 35.3 Å². The van der Waals surface area contributed by atoms with Crippen molar-refractivity contribution in [2.75, 3.05) is 0 Å². The van der Waals surface area contributed by atoms with Crippen LogP contribution in [0.4, 0.5) is 4.39 Å². The lowest BCUT2D eigenvalue weighted by Crippen LogP contribution is -1.97. The molecule has 3 nitrogen and oxygen atoms in total. The van der Waals surface area contributed by atoms with Crippen LogP contribution in [0.25, 0.3) is 11.0 Å². The SMILES string of the molecule is [2H]C([2H])(Oc1cccc(Br)n1)c1ccc(Cl)c2cc(F)oc12. The predicted octanol–water partition coefficient (Wildman–Crippen LogP) is 4.96. The summed E-state index contributed by atoms with van der Waals surface area (Å²) >= 11 is 9.14. The van der Waals surface area contributed by atoms with Crippen LogP contribution in [0, 0.1) is 6.01 Å². The molecule has 0 aliphatic carbocycles. The summed E-state index contributed by atoms with van der Waals surface area (Å²) in [6.45, 7) is -2.28. The molecule has 3 aromatic rings. The van der Waals surface area contributed by atoms with Crippen LogP contribution in [-0.2, 0) is 6.56 Å². The molecule has 0 atom stereocenters. The monoisotopic (exact) mass is 357 g/mol. The second-order valence-corrected chi connectivity index (χ2v) is 5.11. The molecule has 3 rings (SSSR count). The highest BCUT2D eigenvalue weighted by atomic mass is 79.9. The first kappa shape index (κ1) is 11.1. The van der Waals surface area contributed by atoms with Crippen molar-refractivity contribution >= 4 is 38.5 Å². The van der Waals surface area contributed by atoms with Crippen molar-refractivity contribution in [1.82, 2.24) is 4.98 Å². The third-order valence-electron chi connectivity index (χ3n) is 2.56. The molecule has 0 aliphatic heterocycles. The molecule has 0 N–H and O–H groups in total. The molecule has 0 fully saturated rings. The average molecular weight is 359 g/mol. The van der Waals surface area contributed by atoms with E-state index in [4.69, 9.17) is 23.5 Å². The number of pyridine rings is 1. The molecular weight excluding hydrogens is 349 g/mol. The van der Waals surface area contributed by atoms with E-state index < -0.39 is 12.6 Å². The van der Waals surface area contributed by atoms with E-state index in [9.17, 15) is 4.39 Å². The van der Waals surface area contributed by atoms with Gasteiger partial charge in [0.05, 0.1) is 7.76 Å². The predicted molar refractivity (Wildman–Crippen MR) is 77.5 cm³/mol. The van der Waals surface area contributed by atoms with Crippen LogP contribution < -0.4 is 4.74 Å². The summed E-state index contributed by atoms with van der Waals surface area (Å²) in [6.07, 6.45) is 0. The van der Waals surface area contributed by atoms with Gasteiger partial charge in [-0.3, -0.25) is 0 Å². The minimum Gasteiger partial charge on any atom is -0.473 e. The molecule has 0 bridgehead atoms. The van der Waals surface area contributed by atoms with Gasteiger partial charge in [-0.15, -0.1) is 0 Å². The van der Waals surface area contributed by atoms with E-state index in [1.165, 1.54) is 18.2 Å². The van der Waals surface area contributed by atoms with E-state index in [-0.39, 0.29) is 27.4 Å². The van der Waals surface area contributed by atoms with E-state index in [1.807, 2.05) is 0 Å². The first-order valence-corrected chi connectivity index (χ1v) is 6.73. The van der Waals surface area contributed by atoms with Crippen molar-refractivity contribution in [3.8, 4) is 5.88 Å². The summed E-state index contributed by atoms with van der Waals surface area (Å²) in [4.78, 5) is 4.01. The Labute approximate surface area is 130 Å². The summed E-state index contributed by atoms with van der Waals surface area (Å²) in [6, 6.07) is 7.97. The normalized spacial score (nSPS) is 13.2. The minimum atomic E-state index is -2.28. The van der Waals surface area contributed by atoms with Crippen molar-refractivity contribution in [3.63, 3.8) is 0 Å². The Kier molecular flexibility index (Phi) is 3.01. The molecular formula is C14H8BrClFNO2. The molecule has 6 heteroatoms. The standard InChI is InChI=1S/C14H8BrClFNO2/c15-11-2-1-3-13(18-11)19-7-8-4-5-10(16)9-6-12(17)20-14(8)9/h1-6H,7H2/i7D2. The summed E-state index contributed by atoms with van der Waals surface area (Å²) in [5, 5.41) is 0.550. The molecule has 1 aromatic carbocycles. The molecule has 2 heterocycles. The quantitative estimate of drug-likeness (QED) is 0.621. The Hall–Kier alpha value is -1.59. The highest BCUT2D eigenvalue weighted by Crippen LogP contribution is 2.29. The number of nitrogens with zero attached hydrogens (tertiary/aromatic N) is 1. The van der Waals surface area contributed by atoms with Gasteiger partial charge in [0.15, 0.2) is 0 Å². The zero-order valence-electron chi connectivity index (χ0n) is 11.9. The molecule has 0 amide bonds. The Morgan fingerprint density at radius 2 is 2.25 bits per heavy atom. The number of rotatable bonds is 3. The first-order chi connectivity index (χ1) is 10.4. The van der Waals surface area contributed by atoms with E-state index >= 15 is 0 Å². The lowest BCUT2D eigenvalue weighted by Gasteiger charge is -2.06. The van der Waals surface area contributed by atoms with Crippen LogP contribution in [0.15, 0.2) is 45.4 Å². The summed E-state index contributed by atoms with van der Waals surface area (Å²) in [7, 11) is 0. The van der Waals surface area contributed by atoms with Gasteiger partial charge in [-0.25, -0.2) is 4.98 Å². The van der Waals surface area contributed by atoms with Crippen LogP contribution in [0.3, 0.4) is 0 Å². The van der Waals surface area contributed by atoms with Crippen LogP contribution in [-0.4, -0.2) is 4.98 Å². The number of furan rings is 1. The molecule has 2 aromatic heterocycles. The number of ether oxygens (including phenoxy) is 1.